The molecule has 2 aromatic carbocycles. The number of hydrogen-bond acceptors (Lipinski definition) is 7. The Hall–Kier alpha value is -4.27. The Morgan fingerprint density at radius 1 is 1.12 bits per heavy atom. The normalized spacial score (nSPS) is 15.3. The van der Waals surface area contributed by atoms with Crippen LogP contribution in [0.15, 0.2) is 59.6 Å². The number of amides is 2. The number of fused-ring (bicyclic) bond motifs is 1. The van der Waals surface area contributed by atoms with E-state index < -0.39 is 50.4 Å². The van der Waals surface area contributed by atoms with E-state index in [1.54, 1.807) is 37.7 Å². The number of carbonyl (C=O) groups is 2. The summed E-state index contributed by atoms with van der Waals surface area (Å²) in [7, 11) is -4.59. The second-order valence-corrected chi connectivity index (χ2v) is 12.6. The second-order valence-electron chi connectivity index (χ2n) is 10.8. The van der Waals surface area contributed by atoms with E-state index in [9.17, 15) is 31.2 Å². The van der Waals surface area contributed by atoms with E-state index in [1.807, 2.05) is 6.92 Å². The topological polar surface area (TPSA) is 132 Å². The number of nitrogens with one attached hydrogen (secondary N) is 2. The van der Waals surface area contributed by atoms with Gasteiger partial charge in [0.2, 0.25) is 5.91 Å². The molecule has 2 amide bonds. The number of carbonyl (C=O) groups excluding carboxylic acids is 2. The number of alkyl halides is 3. The molecule has 11 nitrogen and oxygen atoms in total. The van der Waals surface area contributed by atoms with Gasteiger partial charge in [-0.15, -0.1) is 0 Å². The third-order valence-electron chi connectivity index (χ3n) is 6.18. The molecule has 43 heavy (non-hydrogen) atoms. The third-order valence-corrected chi connectivity index (χ3v) is 7.96. The maximum absolute atomic E-state index is 13.8. The van der Waals surface area contributed by atoms with Crippen LogP contribution in [0.5, 0.6) is 5.75 Å². The molecule has 0 unspecified atom stereocenters. The van der Waals surface area contributed by atoms with Crippen molar-refractivity contribution in [1.29, 1.82) is 0 Å². The fourth-order valence-corrected chi connectivity index (χ4v) is 5.79. The highest BCUT2D eigenvalue weighted by Gasteiger charge is 2.38. The van der Waals surface area contributed by atoms with Gasteiger partial charge in [-0.05, 0) is 70.2 Å². The maximum Gasteiger partial charge on any atom is 0.416 e. The highest BCUT2D eigenvalue weighted by atomic mass is 32.2. The predicted molar refractivity (Wildman–Crippen MR) is 151 cm³/mol. The number of ether oxygens (including phenoxy) is 2. The molecule has 0 spiro atoms. The van der Waals surface area contributed by atoms with E-state index in [0.29, 0.717) is 18.3 Å². The highest BCUT2D eigenvalue weighted by Crippen LogP contribution is 2.40. The minimum absolute atomic E-state index is 0.0345. The average Bonchev–Trinajstić information content (AvgIpc) is 3.38. The van der Waals surface area contributed by atoms with Crippen molar-refractivity contribution in [3.8, 4) is 5.75 Å². The van der Waals surface area contributed by atoms with Gasteiger partial charge in [0.1, 0.15) is 17.5 Å². The second kappa shape index (κ2) is 12.1. The zero-order valence-electron chi connectivity index (χ0n) is 23.9. The molecule has 232 valence electrons. The summed E-state index contributed by atoms with van der Waals surface area (Å²) in [5.74, 6) is -0.393. The van der Waals surface area contributed by atoms with Gasteiger partial charge in [0.05, 0.1) is 41.4 Å². The largest absolute Gasteiger partial charge is 0.486 e. The van der Waals surface area contributed by atoms with Crippen LogP contribution in [-0.2, 0) is 38.8 Å². The first-order valence-electron chi connectivity index (χ1n) is 13.3. The maximum atomic E-state index is 13.8. The molecule has 0 saturated heterocycles. The number of aromatic nitrogens is 2. The standard InChI is InChI=1S/C28H32F3N5O6S/c1-5-35-12-11-20(34-35)16-32-25(37)15-21-17-36(43(39,40)22-8-6-7-18(13-22)28(29,30)31)23-14-19(9-10-24(23)41-21)33-26(38)42-27(2,3)4/h6-14,21H,5,15-17H2,1-4H3,(H,32,37)(H,33,38)/t21-/m0/s1. The van der Waals surface area contributed by atoms with Crippen molar-refractivity contribution in [2.45, 2.75) is 70.0 Å². The molecular weight excluding hydrogens is 591 g/mol. The van der Waals surface area contributed by atoms with Crippen molar-refractivity contribution in [2.75, 3.05) is 16.2 Å². The Kier molecular flexibility index (Phi) is 8.94. The fourth-order valence-electron chi connectivity index (χ4n) is 4.25. The molecule has 1 aliphatic rings. The number of aryl methyl sites for hydroxylation is 1. The fraction of sp³-hybridized carbons (Fsp3) is 0.393. The summed E-state index contributed by atoms with van der Waals surface area (Å²) in [6.07, 6.45) is -5.03. The summed E-state index contributed by atoms with van der Waals surface area (Å²) in [6.45, 7) is 7.35. The van der Waals surface area contributed by atoms with Crippen molar-refractivity contribution in [1.82, 2.24) is 15.1 Å². The average molecular weight is 624 g/mol. The molecule has 0 saturated carbocycles. The number of rotatable bonds is 8. The number of sulfonamides is 1. The first kappa shape index (κ1) is 31.7. The van der Waals surface area contributed by atoms with Crippen LogP contribution in [0.1, 0.15) is 45.4 Å². The van der Waals surface area contributed by atoms with Gasteiger partial charge in [-0.25, -0.2) is 13.2 Å². The van der Waals surface area contributed by atoms with Crippen molar-refractivity contribution in [2.24, 2.45) is 0 Å². The molecule has 0 fully saturated rings. The molecule has 0 bridgehead atoms. The lowest BCUT2D eigenvalue weighted by atomic mass is 10.1. The summed E-state index contributed by atoms with van der Waals surface area (Å²) in [6, 6.07) is 9.29. The molecule has 0 radical (unpaired) electrons. The van der Waals surface area contributed by atoms with Crippen LogP contribution >= 0.6 is 0 Å². The van der Waals surface area contributed by atoms with Crippen LogP contribution < -0.4 is 19.7 Å². The number of hydrogen-bond donors (Lipinski definition) is 2. The van der Waals surface area contributed by atoms with E-state index >= 15 is 0 Å². The van der Waals surface area contributed by atoms with Gasteiger partial charge in [-0.3, -0.25) is 19.1 Å². The van der Waals surface area contributed by atoms with Gasteiger partial charge in [0, 0.05) is 18.4 Å². The lowest BCUT2D eigenvalue weighted by Gasteiger charge is -2.35. The number of nitrogens with zero attached hydrogens (tertiary/aromatic N) is 3. The Balaban J connectivity index is 1.62. The van der Waals surface area contributed by atoms with E-state index in [1.165, 1.54) is 18.2 Å². The first-order valence-corrected chi connectivity index (χ1v) is 14.8. The Morgan fingerprint density at radius 2 is 1.86 bits per heavy atom. The lowest BCUT2D eigenvalue weighted by Crippen LogP contribution is -2.45. The molecule has 2 N–H and O–H groups in total. The van der Waals surface area contributed by atoms with E-state index in [0.717, 1.165) is 22.5 Å². The zero-order valence-corrected chi connectivity index (χ0v) is 24.8. The molecule has 3 aromatic rings. The van der Waals surface area contributed by atoms with Crippen LogP contribution in [0.3, 0.4) is 0 Å². The Bertz CT molecular complexity index is 1600. The molecule has 0 aliphatic carbocycles. The molecule has 1 aliphatic heterocycles. The summed E-state index contributed by atoms with van der Waals surface area (Å²) in [5.41, 5.74) is -1.19. The van der Waals surface area contributed by atoms with Crippen LogP contribution in [0.4, 0.5) is 29.3 Å². The van der Waals surface area contributed by atoms with Crippen LogP contribution in [0, 0.1) is 0 Å². The minimum atomic E-state index is -4.77. The zero-order chi connectivity index (χ0) is 31.6. The van der Waals surface area contributed by atoms with Gasteiger partial charge >= 0.3 is 12.3 Å². The summed E-state index contributed by atoms with van der Waals surface area (Å²) >= 11 is 0. The van der Waals surface area contributed by atoms with Gasteiger partial charge in [0.25, 0.3) is 10.0 Å². The van der Waals surface area contributed by atoms with Crippen LogP contribution in [0.2, 0.25) is 0 Å². The Morgan fingerprint density at radius 3 is 2.51 bits per heavy atom. The number of anilines is 2. The molecule has 4 rings (SSSR count). The molecule has 15 heteroatoms. The predicted octanol–water partition coefficient (Wildman–Crippen LogP) is 4.93. The monoisotopic (exact) mass is 623 g/mol. The number of benzene rings is 2. The van der Waals surface area contributed by atoms with E-state index in [-0.39, 0.29) is 36.6 Å². The van der Waals surface area contributed by atoms with Crippen molar-refractivity contribution in [3.05, 3.63) is 66.0 Å². The quantitative estimate of drug-likeness (QED) is 0.364. The van der Waals surface area contributed by atoms with Crippen LogP contribution in [-0.4, -0.2) is 48.4 Å². The first-order chi connectivity index (χ1) is 20.0. The molecule has 1 aromatic heterocycles. The highest BCUT2D eigenvalue weighted by molar-refractivity contribution is 7.92. The third kappa shape index (κ3) is 7.97. The molecular formula is C28H32F3N5O6S. The summed E-state index contributed by atoms with van der Waals surface area (Å²) in [5, 5.41) is 9.52. The van der Waals surface area contributed by atoms with Crippen molar-refractivity contribution in [3.63, 3.8) is 0 Å². The Labute approximate surface area is 247 Å². The van der Waals surface area contributed by atoms with Crippen molar-refractivity contribution < 1.29 is 40.7 Å². The molecule has 2 heterocycles. The summed E-state index contributed by atoms with van der Waals surface area (Å²) < 4.78 is 81.6. The molecule has 1 atom stereocenters. The minimum Gasteiger partial charge on any atom is -0.486 e. The lowest BCUT2D eigenvalue weighted by molar-refractivity contribution is -0.137. The van der Waals surface area contributed by atoms with Gasteiger partial charge in [-0.1, -0.05) is 6.07 Å². The van der Waals surface area contributed by atoms with Gasteiger partial charge in [-0.2, -0.15) is 18.3 Å². The van der Waals surface area contributed by atoms with Crippen LogP contribution in [0.25, 0.3) is 0 Å². The van der Waals surface area contributed by atoms with E-state index in [4.69, 9.17) is 9.47 Å². The van der Waals surface area contributed by atoms with E-state index in [2.05, 4.69) is 15.7 Å². The SMILES string of the molecule is CCn1ccc(CNC(=O)C[C@H]2CN(S(=O)(=O)c3cccc(C(F)(F)F)c3)c3cc(NC(=O)OC(C)(C)C)ccc3O2)n1. The number of halogens is 3. The summed E-state index contributed by atoms with van der Waals surface area (Å²) in [4.78, 5) is 24.5. The smallest absolute Gasteiger partial charge is 0.416 e. The van der Waals surface area contributed by atoms with Gasteiger partial charge in [0.15, 0.2) is 0 Å². The van der Waals surface area contributed by atoms with Crippen molar-refractivity contribution >= 4 is 33.4 Å². The van der Waals surface area contributed by atoms with Gasteiger partial charge < -0.3 is 14.8 Å².